The van der Waals surface area contributed by atoms with E-state index in [1.165, 1.54) is 12.1 Å². The minimum Gasteiger partial charge on any atom is -0.486 e. The minimum atomic E-state index is -0.413. The van der Waals surface area contributed by atoms with Crippen LogP contribution in [0.1, 0.15) is 20.8 Å². The lowest BCUT2D eigenvalue weighted by molar-refractivity contribution is -0.128. The summed E-state index contributed by atoms with van der Waals surface area (Å²) in [5.41, 5.74) is 0.801. The highest BCUT2D eigenvalue weighted by atomic mass is 19.1. The molecule has 2 aromatic carbocycles. The number of hydrogen-bond donors (Lipinski definition) is 0. The molecule has 0 bridgehead atoms. The molecule has 4 nitrogen and oxygen atoms in total. The lowest BCUT2D eigenvalue weighted by Gasteiger charge is -2.16. The van der Waals surface area contributed by atoms with E-state index < -0.39 is 5.41 Å². The van der Waals surface area contributed by atoms with Gasteiger partial charge in [0.25, 0.3) is 0 Å². The molecule has 0 N–H and O–H groups in total. The fourth-order valence-corrected chi connectivity index (χ4v) is 1.60. The zero-order valence-corrected chi connectivity index (χ0v) is 13.4. The number of ketones is 1. The van der Waals surface area contributed by atoms with E-state index in [1.54, 1.807) is 36.4 Å². The van der Waals surface area contributed by atoms with E-state index >= 15 is 0 Å². The molecule has 2 rings (SSSR count). The minimum absolute atomic E-state index is 0.0394. The molecule has 0 aliphatic heterocycles. The molecule has 0 heterocycles. The normalized spacial score (nSPS) is 11.7. The van der Waals surface area contributed by atoms with Gasteiger partial charge in [-0.3, -0.25) is 4.79 Å². The predicted molar refractivity (Wildman–Crippen MR) is 87.0 cm³/mol. The molecule has 0 aliphatic carbocycles. The second kappa shape index (κ2) is 7.13. The van der Waals surface area contributed by atoms with Crippen LogP contribution in [0, 0.1) is 11.2 Å². The van der Waals surface area contributed by atoms with Gasteiger partial charge in [0.15, 0.2) is 5.78 Å². The maximum atomic E-state index is 12.8. The van der Waals surface area contributed by atoms with E-state index in [1.807, 2.05) is 20.8 Å². The Morgan fingerprint density at radius 1 is 0.957 bits per heavy atom. The van der Waals surface area contributed by atoms with Crippen LogP contribution in [0.4, 0.5) is 15.8 Å². The molecule has 0 aliphatic rings. The summed E-state index contributed by atoms with van der Waals surface area (Å²) in [6.07, 6.45) is 0. The Balaban J connectivity index is 1.94. The Kier molecular flexibility index (Phi) is 5.21. The second-order valence-corrected chi connectivity index (χ2v) is 6.13. The van der Waals surface area contributed by atoms with Gasteiger partial charge in [0.2, 0.25) is 0 Å². The highest BCUT2D eigenvalue weighted by molar-refractivity contribution is 5.85. The van der Waals surface area contributed by atoms with Crippen molar-refractivity contribution in [1.82, 2.24) is 0 Å². The topological polar surface area (TPSA) is 51.0 Å². The van der Waals surface area contributed by atoms with Crippen LogP contribution >= 0.6 is 0 Å². The number of azo groups is 1. The molecule has 0 aromatic heterocycles. The summed E-state index contributed by atoms with van der Waals surface area (Å²) in [6, 6.07) is 12.7. The lowest BCUT2D eigenvalue weighted by Crippen LogP contribution is -2.26. The van der Waals surface area contributed by atoms with E-state index in [0.29, 0.717) is 17.1 Å². The van der Waals surface area contributed by atoms with Crippen molar-refractivity contribution in [3.63, 3.8) is 0 Å². The van der Waals surface area contributed by atoms with Crippen molar-refractivity contribution >= 4 is 17.2 Å². The highest BCUT2D eigenvalue weighted by Crippen LogP contribution is 2.22. The van der Waals surface area contributed by atoms with Crippen LogP contribution in [-0.2, 0) is 4.79 Å². The van der Waals surface area contributed by atoms with Gasteiger partial charge in [-0.1, -0.05) is 20.8 Å². The zero-order valence-electron chi connectivity index (χ0n) is 13.4. The van der Waals surface area contributed by atoms with E-state index in [-0.39, 0.29) is 18.2 Å². The Morgan fingerprint density at radius 3 is 1.91 bits per heavy atom. The van der Waals surface area contributed by atoms with Gasteiger partial charge in [0, 0.05) is 5.41 Å². The number of Topliss-reactive ketones (excluding diaryl/α,β-unsaturated/α-hetero) is 1. The summed E-state index contributed by atoms with van der Waals surface area (Å²) in [5, 5.41) is 8.08. The molecular formula is C18H19FN2O2. The summed E-state index contributed by atoms with van der Waals surface area (Å²) in [6.45, 7) is 5.62. The van der Waals surface area contributed by atoms with Gasteiger partial charge < -0.3 is 4.74 Å². The second-order valence-electron chi connectivity index (χ2n) is 6.13. The van der Waals surface area contributed by atoms with Crippen molar-refractivity contribution in [2.75, 3.05) is 6.61 Å². The largest absolute Gasteiger partial charge is 0.486 e. The monoisotopic (exact) mass is 314 g/mol. The smallest absolute Gasteiger partial charge is 0.175 e. The molecule has 23 heavy (non-hydrogen) atoms. The van der Waals surface area contributed by atoms with Crippen LogP contribution in [-0.4, -0.2) is 12.4 Å². The first-order valence-electron chi connectivity index (χ1n) is 7.28. The zero-order chi connectivity index (χ0) is 16.9. The van der Waals surface area contributed by atoms with Gasteiger partial charge in [-0.05, 0) is 48.5 Å². The predicted octanol–water partition coefficient (Wildman–Crippen LogP) is 5.24. The summed E-state index contributed by atoms with van der Waals surface area (Å²) >= 11 is 0. The Bertz CT molecular complexity index is 686. The van der Waals surface area contributed by atoms with Crippen molar-refractivity contribution in [1.29, 1.82) is 0 Å². The van der Waals surface area contributed by atoms with E-state index in [4.69, 9.17) is 4.74 Å². The number of carbonyl (C=O) groups is 1. The Hall–Kier alpha value is -2.56. The molecule has 0 amide bonds. The molecule has 0 radical (unpaired) electrons. The van der Waals surface area contributed by atoms with Gasteiger partial charge in [0.1, 0.15) is 18.2 Å². The summed E-state index contributed by atoms with van der Waals surface area (Å²) in [4.78, 5) is 11.8. The lowest BCUT2D eigenvalue weighted by atomic mass is 9.91. The van der Waals surface area contributed by atoms with Crippen molar-refractivity contribution in [3.05, 3.63) is 54.3 Å². The van der Waals surface area contributed by atoms with Gasteiger partial charge >= 0.3 is 0 Å². The molecule has 0 saturated carbocycles. The fraction of sp³-hybridized carbons (Fsp3) is 0.278. The molecule has 0 atom stereocenters. The first kappa shape index (κ1) is 16.8. The maximum absolute atomic E-state index is 12.8. The third-order valence-corrected chi connectivity index (χ3v) is 3.15. The standard InChI is InChI=1S/C18H19FN2O2/c1-18(2,3)17(22)12-23-16-10-8-15(9-11-16)21-20-14-6-4-13(19)5-7-14/h4-11H,12H2,1-3H3. The van der Waals surface area contributed by atoms with Crippen LogP contribution in [0.5, 0.6) is 5.75 Å². The number of carbonyl (C=O) groups excluding carboxylic acids is 1. The Labute approximate surface area is 135 Å². The SMILES string of the molecule is CC(C)(C)C(=O)COc1ccc(N=Nc2ccc(F)cc2)cc1. The van der Waals surface area contributed by atoms with Gasteiger partial charge in [0.05, 0.1) is 11.4 Å². The van der Waals surface area contributed by atoms with Crippen molar-refractivity contribution in [2.45, 2.75) is 20.8 Å². The summed E-state index contributed by atoms with van der Waals surface area (Å²) in [7, 11) is 0. The average molecular weight is 314 g/mol. The fourth-order valence-electron chi connectivity index (χ4n) is 1.60. The molecule has 5 heteroatoms. The molecule has 120 valence electrons. The third kappa shape index (κ3) is 5.29. The number of ether oxygens (including phenoxy) is 1. The van der Waals surface area contributed by atoms with Gasteiger partial charge in [-0.15, -0.1) is 0 Å². The van der Waals surface area contributed by atoms with Crippen molar-refractivity contribution < 1.29 is 13.9 Å². The number of nitrogens with zero attached hydrogens (tertiary/aromatic N) is 2. The molecule has 2 aromatic rings. The summed E-state index contributed by atoms with van der Waals surface area (Å²) < 4.78 is 18.2. The van der Waals surface area contributed by atoms with Crippen LogP contribution in [0.15, 0.2) is 58.8 Å². The van der Waals surface area contributed by atoms with E-state index in [9.17, 15) is 9.18 Å². The number of benzene rings is 2. The molecule has 0 fully saturated rings. The molecule has 0 unspecified atom stereocenters. The third-order valence-electron chi connectivity index (χ3n) is 3.15. The van der Waals surface area contributed by atoms with E-state index in [0.717, 1.165) is 0 Å². The number of halogens is 1. The Morgan fingerprint density at radius 2 is 1.43 bits per heavy atom. The summed E-state index contributed by atoms with van der Waals surface area (Å²) in [5.74, 6) is 0.330. The van der Waals surface area contributed by atoms with E-state index in [2.05, 4.69) is 10.2 Å². The number of hydrogen-bond acceptors (Lipinski definition) is 4. The van der Waals surface area contributed by atoms with Gasteiger partial charge in [-0.25, -0.2) is 4.39 Å². The van der Waals surface area contributed by atoms with Crippen molar-refractivity contribution in [2.24, 2.45) is 15.6 Å². The van der Waals surface area contributed by atoms with Crippen LogP contribution in [0.2, 0.25) is 0 Å². The molecule has 0 spiro atoms. The van der Waals surface area contributed by atoms with Crippen LogP contribution in [0.25, 0.3) is 0 Å². The molecular weight excluding hydrogens is 295 g/mol. The van der Waals surface area contributed by atoms with Crippen LogP contribution < -0.4 is 4.74 Å². The van der Waals surface area contributed by atoms with Gasteiger partial charge in [-0.2, -0.15) is 10.2 Å². The quantitative estimate of drug-likeness (QED) is 0.709. The average Bonchev–Trinajstić information content (AvgIpc) is 2.52. The highest BCUT2D eigenvalue weighted by Gasteiger charge is 2.21. The van der Waals surface area contributed by atoms with Crippen molar-refractivity contribution in [3.8, 4) is 5.75 Å². The van der Waals surface area contributed by atoms with Crippen LogP contribution in [0.3, 0.4) is 0 Å². The number of rotatable bonds is 5. The molecule has 0 saturated heterocycles. The maximum Gasteiger partial charge on any atom is 0.175 e. The first-order chi connectivity index (χ1) is 10.8. The first-order valence-corrected chi connectivity index (χ1v) is 7.28.